The number of amides is 3. The number of nitrogens with zero attached hydrogens (tertiary/aromatic N) is 4. The Kier molecular flexibility index (Phi) is 8.20. The predicted octanol–water partition coefficient (Wildman–Crippen LogP) is 0.657. The highest BCUT2D eigenvalue weighted by Gasteiger charge is 2.75. The van der Waals surface area contributed by atoms with Gasteiger partial charge < -0.3 is 29.3 Å². The van der Waals surface area contributed by atoms with Crippen molar-refractivity contribution in [3.8, 4) is 0 Å². The van der Waals surface area contributed by atoms with E-state index in [4.69, 9.17) is 9.47 Å². The van der Waals surface area contributed by atoms with Gasteiger partial charge in [-0.15, -0.1) is 0 Å². The molecule has 5 heterocycles. The molecule has 3 amide bonds. The number of fused-ring (bicyclic) bond motifs is 2. The smallest absolute Gasteiger partial charge is 0.249 e. The van der Waals surface area contributed by atoms with Gasteiger partial charge in [0.15, 0.2) is 0 Å². The molecule has 3 saturated heterocycles. The molecule has 216 valence electrons. The average Bonchev–Trinajstić information content (AvgIpc) is 3.25. The largest absolute Gasteiger partial charge is 0.394 e. The molecular weight excluding hydrogens is 500 g/mol. The van der Waals surface area contributed by atoms with Crippen LogP contribution in [-0.4, -0.2) is 131 Å². The number of hydrogen-bond donors (Lipinski definition) is 1. The number of aliphatic hydroxyl groups excluding tert-OH is 1. The molecule has 10 nitrogen and oxygen atoms in total. The molecule has 0 aromatic heterocycles. The number of ether oxygens (including phenoxy) is 2. The fraction of sp³-hybridized carbons (Fsp3) is 0.759. The van der Waals surface area contributed by atoms with Gasteiger partial charge in [-0.25, -0.2) is 0 Å². The minimum absolute atomic E-state index is 0.0918. The van der Waals surface area contributed by atoms with E-state index >= 15 is 0 Å². The van der Waals surface area contributed by atoms with E-state index in [0.717, 1.165) is 19.5 Å². The molecule has 0 aliphatic carbocycles. The molecule has 0 saturated carbocycles. The maximum absolute atomic E-state index is 14.4. The van der Waals surface area contributed by atoms with Gasteiger partial charge in [-0.1, -0.05) is 45.1 Å². The summed E-state index contributed by atoms with van der Waals surface area (Å²) in [6, 6.07) is -1.48. The first-order chi connectivity index (χ1) is 18.9. The molecule has 1 unspecified atom stereocenters. The van der Waals surface area contributed by atoms with Crippen LogP contribution in [0.3, 0.4) is 0 Å². The Labute approximate surface area is 231 Å². The van der Waals surface area contributed by atoms with E-state index in [0.29, 0.717) is 58.8 Å². The highest BCUT2D eigenvalue weighted by atomic mass is 16.5. The molecule has 5 rings (SSSR count). The van der Waals surface area contributed by atoms with E-state index < -0.39 is 35.1 Å². The standard InChI is InChI=1S/C29H44N4O6/c1-4-11-31-12-7-9-28(6-3)22(25(31)35)23-26(36)33(21(5-2)20-34)24-27(37)32(13-8-10-29(23,24)39-28)15-14-30-16-18-38-19-17-30/h7-10,21-24,34H,4-6,11-20H2,1-3H3/t21-,22-,23-,24?,28+,29-/m0/s1. The molecule has 5 aliphatic rings. The van der Waals surface area contributed by atoms with E-state index in [1.165, 1.54) is 0 Å². The van der Waals surface area contributed by atoms with Gasteiger partial charge in [-0.3, -0.25) is 19.3 Å². The fourth-order valence-corrected chi connectivity index (χ4v) is 7.36. The molecule has 0 aromatic carbocycles. The SMILES string of the molecule is CCCN1CC=C[C@@]2(CC)O[C@]34C=CCN(CCN5CCOCC5)C(=O)C3N([C@@H](CC)CO)C(=O)[C@@H]4[C@H]2C1=O. The molecule has 0 radical (unpaired) electrons. The first kappa shape index (κ1) is 28.3. The maximum Gasteiger partial charge on any atom is 0.249 e. The third-order valence-corrected chi connectivity index (χ3v) is 9.40. The van der Waals surface area contributed by atoms with Crippen LogP contribution >= 0.6 is 0 Å². The Bertz CT molecular complexity index is 1010. The second kappa shape index (κ2) is 11.3. The monoisotopic (exact) mass is 544 g/mol. The van der Waals surface area contributed by atoms with Crippen LogP contribution in [-0.2, 0) is 23.9 Å². The van der Waals surface area contributed by atoms with Crippen LogP contribution in [0.25, 0.3) is 0 Å². The van der Waals surface area contributed by atoms with Crippen molar-refractivity contribution in [2.45, 2.75) is 63.3 Å². The maximum atomic E-state index is 14.4. The van der Waals surface area contributed by atoms with Crippen molar-refractivity contribution in [1.82, 2.24) is 19.6 Å². The van der Waals surface area contributed by atoms with Crippen LogP contribution in [0, 0.1) is 11.8 Å². The van der Waals surface area contributed by atoms with Crippen molar-refractivity contribution in [1.29, 1.82) is 0 Å². The minimum Gasteiger partial charge on any atom is -0.394 e. The van der Waals surface area contributed by atoms with Gasteiger partial charge in [-0.2, -0.15) is 0 Å². The predicted molar refractivity (Wildman–Crippen MR) is 145 cm³/mol. The Morgan fingerprint density at radius 3 is 2.26 bits per heavy atom. The number of carbonyl (C=O) groups is 3. The summed E-state index contributed by atoms with van der Waals surface area (Å²) in [5, 5.41) is 10.3. The Balaban J connectivity index is 1.55. The highest BCUT2D eigenvalue weighted by molar-refractivity contribution is 6.00. The summed E-state index contributed by atoms with van der Waals surface area (Å²) in [6.45, 7) is 11.4. The lowest BCUT2D eigenvalue weighted by Gasteiger charge is -2.41. The van der Waals surface area contributed by atoms with Crippen molar-refractivity contribution < 1.29 is 29.0 Å². The number of likely N-dealkylation sites (tertiary alicyclic amines) is 1. The summed E-state index contributed by atoms with van der Waals surface area (Å²) in [6.07, 6.45) is 9.59. The van der Waals surface area contributed by atoms with Crippen LogP contribution in [0.5, 0.6) is 0 Å². The van der Waals surface area contributed by atoms with Gasteiger partial charge in [0, 0.05) is 45.8 Å². The average molecular weight is 545 g/mol. The van der Waals surface area contributed by atoms with Gasteiger partial charge >= 0.3 is 0 Å². The van der Waals surface area contributed by atoms with Crippen molar-refractivity contribution in [3.63, 3.8) is 0 Å². The summed E-state index contributed by atoms with van der Waals surface area (Å²) in [5.41, 5.74) is -2.25. The molecule has 3 fully saturated rings. The first-order valence-electron chi connectivity index (χ1n) is 14.7. The number of hydrogen-bond acceptors (Lipinski definition) is 7. The zero-order chi connectivity index (χ0) is 27.8. The molecule has 0 bridgehead atoms. The third-order valence-electron chi connectivity index (χ3n) is 9.40. The normalized spacial score (nSPS) is 35.6. The summed E-state index contributed by atoms with van der Waals surface area (Å²) < 4.78 is 12.5. The minimum atomic E-state index is -1.28. The first-order valence-corrected chi connectivity index (χ1v) is 14.7. The van der Waals surface area contributed by atoms with Crippen LogP contribution in [0.1, 0.15) is 40.0 Å². The number of rotatable bonds is 9. The Hall–Kier alpha value is -2.27. The summed E-state index contributed by atoms with van der Waals surface area (Å²) in [7, 11) is 0. The van der Waals surface area contributed by atoms with Crippen molar-refractivity contribution >= 4 is 17.7 Å². The van der Waals surface area contributed by atoms with Crippen LogP contribution < -0.4 is 0 Å². The molecular formula is C29H44N4O6. The Morgan fingerprint density at radius 2 is 1.62 bits per heavy atom. The summed E-state index contributed by atoms with van der Waals surface area (Å²) >= 11 is 0. The van der Waals surface area contributed by atoms with E-state index in [1.807, 2.05) is 50.0 Å². The number of carbonyl (C=O) groups excluding carboxylic acids is 3. The van der Waals surface area contributed by atoms with Gasteiger partial charge in [0.25, 0.3) is 0 Å². The molecule has 0 aromatic rings. The van der Waals surface area contributed by atoms with Crippen molar-refractivity contribution in [3.05, 3.63) is 24.3 Å². The van der Waals surface area contributed by atoms with Crippen molar-refractivity contribution in [2.75, 3.05) is 65.6 Å². The third kappa shape index (κ3) is 4.53. The quantitative estimate of drug-likeness (QED) is 0.426. The van der Waals surface area contributed by atoms with Gasteiger partial charge in [0.1, 0.15) is 11.6 Å². The van der Waals surface area contributed by atoms with Crippen LogP contribution in [0.4, 0.5) is 0 Å². The summed E-state index contributed by atoms with van der Waals surface area (Å²) in [4.78, 5) is 50.4. The summed E-state index contributed by atoms with van der Waals surface area (Å²) in [5.74, 6) is -2.11. The van der Waals surface area contributed by atoms with Gasteiger partial charge in [-0.05, 0) is 19.3 Å². The van der Waals surface area contributed by atoms with E-state index in [1.54, 1.807) is 9.80 Å². The molecule has 39 heavy (non-hydrogen) atoms. The second-order valence-electron chi connectivity index (χ2n) is 11.4. The molecule has 1 spiro atoms. The van der Waals surface area contributed by atoms with E-state index in [2.05, 4.69) is 4.90 Å². The zero-order valence-electron chi connectivity index (χ0n) is 23.6. The zero-order valence-corrected chi connectivity index (χ0v) is 23.6. The highest BCUT2D eigenvalue weighted by Crippen LogP contribution is 2.59. The van der Waals surface area contributed by atoms with Gasteiger partial charge in [0.05, 0.1) is 43.3 Å². The number of aliphatic hydroxyl groups is 1. The second-order valence-corrected chi connectivity index (χ2v) is 11.4. The van der Waals surface area contributed by atoms with Crippen molar-refractivity contribution in [2.24, 2.45) is 11.8 Å². The lowest BCUT2D eigenvalue weighted by molar-refractivity contribution is -0.157. The van der Waals surface area contributed by atoms with Crippen LogP contribution in [0.2, 0.25) is 0 Å². The lowest BCUT2D eigenvalue weighted by atomic mass is 9.73. The molecule has 1 N–H and O–H groups in total. The van der Waals surface area contributed by atoms with E-state index in [9.17, 15) is 19.5 Å². The topological polar surface area (TPSA) is 103 Å². The molecule has 5 aliphatic heterocycles. The Morgan fingerprint density at radius 1 is 0.923 bits per heavy atom. The molecule has 6 atom stereocenters. The van der Waals surface area contributed by atoms with E-state index in [-0.39, 0.29) is 24.3 Å². The number of morpholine rings is 1. The molecule has 10 heteroatoms. The lowest BCUT2D eigenvalue weighted by Crippen LogP contribution is -2.59. The van der Waals surface area contributed by atoms with Gasteiger partial charge in [0.2, 0.25) is 17.7 Å². The fourth-order valence-electron chi connectivity index (χ4n) is 7.36. The van der Waals surface area contributed by atoms with Crippen LogP contribution in [0.15, 0.2) is 24.3 Å².